The summed E-state index contributed by atoms with van der Waals surface area (Å²) in [7, 11) is 2.80. The van der Waals surface area contributed by atoms with Crippen molar-refractivity contribution in [1.82, 2.24) is 0 Å². The first kappa shape index (κ1) is 18.2. The maximum absolute atomic E-state index is 13.3. The van der Waals surface area contributed by atoms with Gasteiger partial charge in [0.15, 0.2) is 0 Å². The summed E-state index contributed by atoms with van der Waals surface area (Å²) in [6, 6.07) is 15.2. The van der Waals surface area contributed by atoms with Crippen LogP contribution in [0.3, 0.4) is 0 Å². The first-order chi connectivity index (χ1) is 12.3. The van der Waals surface area contributed by atoms with Crippen molar-refractivity contribution >= 4 is 11.9 Å². The molecule has 2 aromatic rings. The van der Waals surface area contributed by atoms with E-state index in [9.17, 15) is 9.59 Å². The number of methoxy groups -OCH3 is 2. The van der Waals surface area contributed by atoms with E-state index < -0.39 is 16.7 Å². The second-order valence-corrected chi connectivity index (χ2v) is 7.62. The largest absolute Gasteiger partial charge is 0.468 e. The molecular formula is C22H24O4. The summed E-state index contributed by atoms with van der Waals surface area (Å²) in [5.41, 5.74) is 1.69. The van der Waals surface area contributed by atoms with Gasteiger partial charge < -0.3 is 9.47 Å². The molecule has 0 amide bonds. The van der Waals surface area contributed by atoms with Crippen LogP contribution in [0.5, 0.6) is 0 Å². The van der Waals surface area contributed by atoms with Gasteiger partial charge in [-0.05, 0) is 27.7 Å². The highest BCUT2D eigenvalue weighted by molar-refractivity contribution is 5.95. The van der Waals surface area contributed by atoms with Gasteiger partial charge >= 0.3 is 11.9 Å². The van der Waals surface area contributed by atoms with E-state index in [0.29, 0.717) is 0 Å². The third kappa shape index (κ3) is 2.28. The lowest BCUT2D eigenvalue weighted by atomic mass is 9.53. The third-order valence-corrected chi connectivity index (χ3v) is 5.41. The molecule has 0 bridgehead atoms. The zero-order valence-corrected chi connectivity index (χ0v) is 15.8. The van der Waals surface area contributed by atoms with Crippen LogP contribution in [0, 0.1) is 5.41 Å². The fraction of sp³-hybridized carbons (Fsp3) is 0.364. The summed E-state index contributed by atoms with van der Waals surface area (Å²) in [4.78, 5) is 25.9. The average Bonchev–Trinajstić information content (AvgIpc) is 2.63. The Morgan fingerprint density at radius 3 is 1.69 bits per heavy atom. The Morgan fingerprint density at radius 1 is 0.846 bits per heavy atom. The first-order valence-corrected chi connectivity index (χ1v) is 8.65. The van der Waals surface area contributed by atoms with E-state index >= 15 is 0 Å². The fourth-order valence-corrected chi connectivity index (χ4v) is 4.35. The lowest BCUT2D eigenvalue weighted by Gasteiger charge is -2.48. The highest BCUT2D eigenvalue weighted by atomic mass is 16.5. The highest BCUT2D eigenvalue weighted by Gasteiger charge is 2.58. The van der Waals surface area contributed by atoms with Crippen LogP contribution in [-0.4, -0.2) is 26.2 Å². The van der Waals surface area contributed by atoms with E-state index in [2.05, 4.69) is 0 Å². The number of fused-ring (bicyclic) bond motifs is 2. The molecule has 1 aliphatic rings. The van der Waals surface area contributed by atoms with Crippen LogP contribution in [-0.2, 0) is 24.5 Å². The van der Waals surface area contributed by atoms with Crippen molar-refractivity contribution < 1.29 is 19.1 Å². The lowest BCUT2D eigenvalue weighted by molar-refractivity contribution is -0.150. The molecule has 0 N–H and O–H groups in total. The summed E-state index contributed by atoms with van der Waals surface area (Å²) in [5, 5.41) is 0. The minimum Gasteiger partial charge on any atom is -0.468 e. The number of ether oxygens (including phenoxy) is 2. The van der Waals surface area contributed by atoms with Crippen molar-refractivity contribution in [2.24, 2.45) is 5.41 Å². The van der Waals surface area contributed by atoms with E-state index in [0.717, 1.165) is 22.3 Å². The molecule has 0 aromatic heterocycles. The monoisotopic (exact) mass is 352 g/mol. The molecule has 4 nitrogen and oxygen atoms in total. The van der Waals surface area contributed by atoms with Crippen LogP contribution in [0.2, 0.25) is 0 Å². The Bertz CT molecular complexity index is 813. The molecular weight excluding hydrogens is 328 g/mol. The summed E-state index contributed by atoms with van der Waals surface area (Å²) in [6.07, 6.45) is 0. The van der Waals surface area contributed by atoms with Crippen molar-refractivity contribution in [1.29, 1.82) is 0 Å². The van der Waals surface area contributed by atoms with Crippen molar-refractivity contribution in [2.45, 2.75) is 32.1 Å². The number of rotatable bonds is 2. The topological polar surface area (TPSA) is 52.6 Å². The minimum absolute atomic E-state index is 0.326. The van der Waals surface area contributed by atoms with E-state index in [1.54, 1.807) is 0 Å². The second kappa shape index (κ2) is 6.27. The molecule has 26 heavy (non-hydrogen) atoms. The summed E-state index contributed by atoms with van der Waals surface area (Å²) >= 11 is 0. The number of hydrogen-bond acceptors (Lipinski definition) is 4. The minimum atomic E-state index is -1.01. The molecule has 0 unspecified atom stereocenters. The van der Waals surface area contributed by atoms with Crippen LogP contribution < -0.4 is 0 Å². The van der Waals surface area contributed by atoms with Gasteiger partial charge in [-0.25, -0.2) is 0 Å². The molecule has 0 heterocycles. The number of carbonyl (C=O) groups excluding carboxylic acids is 2. The molecule has 4 heteroatoms. The van der Waals surface area contributed by atoms with Gasteiger partial charge in [-0.15, -0.1) is 0 Å². The second-order valence-electron chi connectivity index (χ2n) is 7.62. The third-order valence-electron chi connectivity index (χ3n) is 5.41. The lowest BCUT2D eigenvalue weighted by Crippen LogP contribution is -2.52. The van der Waals surface area contributed by atoms with Gasteiger partial charge in [0.05, 0.1) is 14.2 Å². The molecule has 0 saturated carbocycles. The van der Waals surface area contributed by atoms with Crippen molar-refractivity contribution in [3.05, 3.63) is 70.8 Å². The Kier molecular flexibility index (Phi) is 4.39. The van der Waals surface area contributed by atoms with Crippen molar-refractivity contribution in [2.75, 3.05) is 14.2 Å². The van der Waals surface area contributed by atoms with Crippen molar-refractivity contribution in [3.8, 4) is 0 Å². The van der Waals surface area contributed by atoms with Gasteiger partial charge in [-0.3, -0.25) is 9.59 Å². The molecule has 0 spiro atoms. The van der Waals surface area contributed by atoms with Gasteiger partial charge in [0.25, 0.3) is 0 Å². The van der Waals surface area contributed by atoms with Crippen LogP contribution in [0.15, 0.2) is 48.5 Å². The van der Waals surface area contributed by atoms with E-state index in [1.165, 1.54) is 14.2 Å². The molecule has 0 aliphatic heterocycles. The van der Waals surface area contributed by atoms with Gasteiger partial charge in [-0.2, -0.15) is 0 Å². The number of esters is 2. The summed E-state index contributed by atoms with van der Waals surface area (Å²) < 4.78 is 10.4. The SMILES string of the molecule is COC(=O)C1c2ccccc2C(C(=O)OC)(C(C)(C)C)c2ccccc21. The Morgan fingerprint density at radius 2 is 1.31 bits per heavy atom. The molecule has 1 aliphatic carbocycles. The smallest absolute Gasteiger partial charge is 0.321 e. The van der Waals surface area contributed by atoms with Gasteiger partial charge in [0.1, 0.15) is 11.3 Å². The predicted octanol–water partition coefficient (Wildman–Crippen LogP) is 3.81. The maximum Gasteiger partial charge on any atom is 0.321 e. The Labute approximate surface area is 154 Å². The van der Waals surface area contributed by atoms with Crippen LogP contribution in [0.1, 0.15) is 48.9 Å². The number of carbonyl (C=O) groups is 2. The van der Waals surface area contributed by atoms with E-state index in [1.807, 2.05) is 69.3 Å². The van der Waals surface area contributed by atoms with Gasteiger partial charge in [0.2, 0.25) is 0 Å². The Hall–Kier alpha value is -2.62. The normalized spacial score (nSPS) is 21.3. The molecule has 0 saturated heterocycles. The van der Waals surface area contributed by atoms with Crippen LogP contribution in [0.4, 0.5) is 0 Å². The molecule has 136 valence electrons. The number of benzene rings is 2. The summed E-state index contributed by atoms with van der Waals surface area (Å²) in [6.45, 7) is 6.07. The zero-order chi connectivity index (χ0) is 19.1. The molecule has 3 rings (SSSR count). The maximum atomic E-state index is 13.3. The molecule has 0 fully saturated rings. The van der Waals surface area contributed by atoms with Gasteiger partial charge in [-0.1, -0.05) is 69.3 Å². The average molecular weight is 352 g/mol. The Balaban J connectivity index is 2.49. The zero-order valence-electron chi connectivity index (χ0n) is 15.8. The standard InChI is InChI=1S/C22H24O4/c1-21(2,3)22(20(24)26-5)16-12-8-6-10-14(16)18(19(23)25-4)15-11-7-9-13-17(15)22/h6-13,18H,1-5H3. The molecule has 0 radical (unpaired) electrons. The van der Waals surface area contributed by atoms with Crippen molar-refractivity contribution in [3.63, 3.8) is 0 Å². The highest BCUT2D eigenvalue weighted by Crippen LogP contribution is 2.55. The van der Waals surface area contributed by atoms with Crippen LogP contribution in [0.25, 0.3) is 0 Å². The quantitative estimate of drug-likeness (QED) is 0.771. The fourth-order valence-electron chi connectivity index (χ4n) is 4.35. The first-order valence-electron chi connectivity index (χ1n) is 8.65. The molecule has 2 aromatic carbocycles. The van der Waals surface area contributed by atoms with E-state index in [-0.39, 0.29) is 11.9 Å². The summed E-state index contributed by atoms with van der Waals surface area (Å²) in [5.74, 6) is -1.22. The molecule has 0 atom stereocenters. The van der Waals surface area contributed by atoms with Gasteiger partial charge in [0, 0.05) is 0 Å². The van der Waals surface area contributed by atoms with E-state index in [4.69, 9.17) is 9.47 Å². The van der Waals surface area contributed by atoms with Crippen LogP contribution >= 0.6 is 0 Å². The number of hydrogen-bond donors (Lipinski definition) is 0. The predicted molar refractivity (Wildman–Crippen MR) is 99.0 cm³/mol.